The Morgan fingerprint density at radius 1 is 1.50 bits per heavy atom. The number of amides is 1. The van der Waals surface area contributed by atoms with Gasteiger partial charge in [0.15, 0.2) is 0 Å². The van der Waals surface area contributed by atoms with Crippen molar-refractivity contribution in [1.82, 2.24) is 15.1 Å². The maximum atomic E-state index is 12.1. The quantitative estimate of drug-likeness (QED) is 0.882. The Kier molecular flexibility index (Phi) is 3.41. The highest BCUT2D eigenvalue weighted by Crippen LogP contribution is 2.23. The van der Waals surface area contributed by atoms with Gasteiger partial charge in [-0.3, -0.25) is 9.48 Å². The molecule has 0 atom stereocenters. The van der Waals surface area contributed by atoms with Gasteiger partial charge in [0.2, 0.25) is 0 Å². The molecule has 0 spiro atoms. The Morgan fingerprint density at radius 3 is 3.20 bits per heavy atom. The van der Waals surface area contributed by atoms with E-state index in [9.17, 15) is 4.79 Å². The molecule has 0 fully saturated rings. The summed E-state index contributed by atoms with van der Waals surface area (Å²) in [5.41, 5.74) is 4.22. The van der Waals surface area contributed by atoms with Crippen LogP contribution in [0, 0.1) is 0 Å². The van der Waals surface area contributed by atoms with E-state index in [0.717, 1.165) is 30.6 Å². The Balaban J connectivity index is 1.56. The first-order valence-corrected chi connectivity index (χ1v) is 6.85. The van der Waals surface area contributed by atoms with E-state index >= 15 is 0 Å². The van der Waals surface area contributed by atoms with Crippen molar-refractivity contribution in [1.29, 1.82) is 0 Å². The minimum atomic E-state index is -0.0228. The highest BCUT2D eigenvalue weighted by molar-refractivity contribution is 5.95. The number of rotatable bonds is 4. The SMILES string of the molecule is Cn1cc(CCNC(=O)c2ccc3c(c2)NCC3)cn1. The molecule has 0 unspecified atom stereocenters. The second-order valence-electron chi connectivity index (χ2n) is 5.08. The summed E-state index contributed by atoms with van der Waals surface area (Å²) in [6.45, 7) is 1.58. The summed E-state index contributed by atoms with van der Waals surface area (Å²) in [6.07, 6.45) is 5.62. The summed E-state index contributed by atoms with van der Waals surface area (Å²) in [4.78, 5) is 12.1. The zero-order valence-electron chi connectivity index (χ0n) is 11.5. The number of hydrogen-bond acceptors (Lipinski definition) is 3. The van der Waals surface area contributed by atoms with Gasteiger partial charge in [0, 0.05) is 37.6 Å². The molecular weight excluding hydrogens is 252 g/mol. The maximum absolute atomic E-state index is 12.1. The fourth-order valence-electron chi connectivity index (χ4n) is 2.46. The van der Waals surface area contributed by atoms with Crippen molar-refractivity contribution in [2.24, 2.45) is 7.05 Å². The van der Waals surface area contributed by atoms with E-state index < -0.39 is 0 Å². The maximum Gasteiger partial charge on any atom is 0.251 e. The van der Waals surface area contributed by atoms with E-state index in [1.807, 2.05) is 37.6 Å². The van der Waals surface area contributed by atoms with Gasteiger partial charge in [-0.1, -0.05) is 6.07 Å². The van der Waals surface area contributed by atoms with Crippen LogP contribution < -0.4 is 10.6 Å². The Hall–Kier alpha value is -2.30. The van der Waals surface area contributed by atoms with Crippen molar-refractivity contribution < 1.29 is 4.79 Å². The molecule has 0 aliphatic carbocycles. The molecule has 0 bridgehead atoms. The Morgan fingerprint density at radius 2 is 2.40 bits per heavy atom. The molecule has 1 aliphatic heterocycles. The smallest absolute Gasteiger partial charge is 0.251 e. The summed E-state index contributed by atoms with van der Waals surface area (Å²) in [6, 6.07) is 5.86. The summed E-state index contributed by atoms with van der Waals surface area (Å²) in [5, 5.41) is 10.3. The van der Waals surface area contributed by atoms with Crippen molar-refractivity contribution in [2.45, 2.75) is 12.8 Å². The first-order chi connectivity index (χ1) is 9.72. The lowest BCUT2D eigenvalue weighted by molar-refractivity contribution is 0.0954. The summed E-state index contributed by atoms with van der Waals surface area (Å²) < 4.78 is 1.77. The van der Waals surface area contributed by atoms with Gasteiger partial charge in [-0.2, -0.15) is 5.10 Å². The van der Waals surface area contributed by atoms with E-state index in [-0.39, 0.29) is 5.91 Å². The monoisotopic (exact) mass is 270 g/mol. The second kappa shape index (κ2) is 5.36. The van der Waals surface area contributed by atoms with Crippen molar-refractivity contribution >= 4 is 11.6 Å². The van der Waals surface area contributed by atoms with Crippen LogP contribution in [0.4, 0.5) is 5.69 Å². The molecule has 5 heteroatoms. The van der Waals surface area contributed by atoms with Gasteiger partial charge in [0.05, 0.1) is 6.20 Å². The highest BCUT2D eigenvalue weighted by atomic mass is 16.1. The number of aromatic nitrogens is 2. The number of fused-ring (bicyclic) bond motifs is 1. The van der Waals surface area contributed by atoms with Crippen LogP contribution in [0.3, 0.4) is 0 Å². The minimum Gasteiger partial charge on any atom is -0.384 e. The van der Waals surface area contributed by atoms with E-state index in [0.29, 0.717) is 12.1 Å². The van der Waals surface area contributed by atoms with Crippen molar-refractivity contribution in [2.75, 3.05) is 18.4 Å². The van der Waals surface area contributed by atoms with Gasteiger partial charge in [-0.15, -0.1) is 0 Å². The zero-order valence-corrected chi connectivity index (χ0v) is 11.5. The molecule has 1 amide bonds. The van der Waals surface area contributed by atoms with Crippen LogP contribution in [-0.4, -0.2) is 28.8 Å². The molecule has 2 aromatic rings. The number of carbonyl (C=O) groups excluding carboxylic acids is 1. The van der Waals surface area contributed by atoms with Gasteiger partial charge in [0.25, 0.3) is 5.91 Å². The fourth-order valence-corrected chi connectivity index (χ4v) is 2.46. The largest absolute Gasteiger partial charge is 0.384 e. The molecule has 1 aliphatic rings. The predicted molar refractivity (Wildman–Crippen MR) is 77.9 cm³/mol. The summed E-state index contributed by atoms with van der Waals surface area (Å²) in [7, 11) is 1.89. The molecule has 0 radical (unpaired) electrons. The lowest BCUT2D eigenvalue weighted by Gasteiger charge is -2.06. The molecule has 1 aromatic carbocycles. The summed E-state index contributed by atoms with van der Waals surface area (Å²) in [5.74, 6) is -0.0228. The molecule has 0 saturated heterocycles. The fraction of sp³-hybridized carbons (Fsp3) is 0.333. The van der Waals surface area contributed by atoms with Gasteiger partial charge >= 0.3 is 0 Å². The molecule has 20 heavy (non-hydrogen) atoms. The van der Waals surface area contributed by atoms with E-state index in [4.69, 9.17) is 0 Å². The van der Waals surface area contributed by atoms with Gasteiger partial charge in [0.1, 0.15) is 0 Å². The molecule has 3 rings (SSSR count). The third kappa shape index (κ3) is 2.66. The van der Waals surface area contributed by atoms with Crippen molar-refractivity contribution in [3.05, 3.63) is 47.3 Å². The predicted octanol–water partition coefficient (Wildman–Crippen LogP) is 1.36. The van der Waals surface area contributed by atoms with Crippen molar-refractivity contribution in [3.8, 4) is 0 Å². The van der Waals surface area contributed by atoms with E-state index in [2.05, 4.69) is 15.7 Å². The first kappa shape index (κ1) is 12.7. The van der Waals surface area contributed by atoms with Gasteiger partial charge < -0.3 is 10.6 Å². The highest BCUT2D eigenvalue weighted by Gasteiger charge is 2.13. The number of nitrogens with zero attached hydrogens (tertiary/aromatic N) is 2. The minimum absolute atomic E-state index is 0.0228. The number of carbonyl (C=O) groups is 1. The normalized spacial score (nSPS) is 12.8. The third-order valence-electron chi connectivity index (χ3n) is 3.54. The standard InChI is InChI=1S/C15H18N4O/c1-19-10-11(9-18-19)4-6-17-15(20)13-3-2-12-5-7-16-14(12)8-13/h2-3,8-10,16H,4-7H2,1H3,(H,17,20). The van der Waals surface area contributed by atoms with Crippen LogP contribution in [0.5, 0.6) is 0 Å². The first-order valence-electron chi connectivity index (χ1n) is 6.85. The Bertz CT molecular complexity index is 633. The van der Waals surface area contributed by atoms with Crippen LogP contribution in [0.15, 0.2) is 30.6 Å². The average Bonchev–Trinajstić information content (AvgIpc) is 3.06. The number of aryl methyl sites for hydroxylation is 1. The molecule has 0 saturated carbocycles. The van der Waals surface area contributed by atoms with Crippen LogP contribution in [0.2, 0.25) is 0 Å². The second-order valence-corrected chi connectivity index (χ2v) is 5.08. The third-order valence-corrected chi connectivity index (χ3v) is 3.54. The molecule has 1 aromatic heterocycles. The van der Waals surface area contributed by atoms with Crippen LogP contribution in [-0.2, 0) is 19.9 Å². The lowest BCUT2D eigenvalue weighted by atomic mass is 10.1. The van der Waals surface area contributed by atoms with Crippen LogP contribution in [0.25, 0.3) is 0 Å². The van der Waals surface area contributed by atoms with Crippen molar-refractivity contribution in [3.63, 3.8) is 0 Å². The number of hydrogen-bond donors (Lipinski definition) is 2. The molecule has 104 valence electrons. The number of nitrogens with one attached hydrogen (secondary N) is 2. The zero-order chi connectivity index (χ0) is 13.9. The average molecular weight is 270 g/mol. The molecule has 2 heterocycles. The van der Waals surface area contributed by atoms with E-state index in [1.165, 1.54) is 5.56 Å². The Labute approximate surface area is 118 Å². The molecule has 2 N–H and O–H groups in total. The van der Waals surface area contributed by atoms with Gasteiger partial charge in [-0.25, -0.2) is 0 Å². The summed E-state index contributed by atoms with van der Waals surface area (Å²) >= 11 is 0. The lowest BCUT2D eigenvalue weighted by Crippen LogP contribution is -2.25. The van der Waals surface area contributed by atoms with Crippen LogP contribution >= 0.6 is 0 Å². The molecular formula is C15H18N4O. The number of benzene rings is 1. The molecule has 5 nitrogen and oxygen atoms in total. The number of anilines is 1. The topological polar surface area (TPSA) is 59.0 Å². The van der Waals surface area contributed by atoms with Crippen LogP contribution in [0.1, 0.15) is 21.5 Å². The van der Waals surface area contributed by atoms with Gasteiger partial charge in [-0.05, 0) is 36.1 Å². The van der Waals surface area contributed by atoms with E-state index in [1.54, 1.807) is 4.68 Å².